The van der Waals surface area contributed by atoms with Gasteiger partial charge in [-0.15, -0.1) is 11.6 Å². The van der Waals surface area contributed by atoms with Gasteiger partial charge in [0, 0.05) is 30.5 Å². The second-order valence-corrected chi connectivity index (χ2v) is 8.85. The summed E-state index contributed by atoms with van der Waals surface area (Å²) < 4.78 is 29.8. The number of hydrogen-bond acceptors (Lipinski definition) is 2. The molecular formula is C15H21ClN2O2S. The fourth-order valence-corrected chi connectivity index (χ4v) is 4.96. The van der Waals surface area contributed by atoms with Gasteiger partial charge in [-0.2, -0.15) is 4.31 Å². The molecule has 116 valence electrons. The van der Waals surface area contributed by atoms with Crippen molar-refractivity contribution in [1.29, 1.82) is 0 Å². The minimum atomic E-state index is -3.36. The van der Waals surface area contributed by atoms with Crippen molar-refractivity contribution in [3.63, 3.8) is 0 Å². The number of hydrogen-bond donors (Lipinski definition) is 0. The molecule has 4 rings (SSSR count). The third-order valence-electron chi connectivity index (χ3n) is 4.68. The lowest BCUT2D eigenvalue weighted by molar-refractivity contribution is 0.388. The summed E-state index contributed by atoms with van der Waals surface area (Å²) in [5.74, 6) is 0.955. The van der Waals surface area contributed by atoms with E-state index in [1.54, 1.807) is 10.4 Å². The molecule has 0 spiro atoms. The zero-order valence-corrected chi connectivity index (χ0v) is 13.6. The molecule has 6 heteroatoms. The summed E-state index contributed by atoms with van der Waals surface area (Å²) in [7, 11) is -3.36. The first kappa shape index (κ1) is 14.1. The minimum Gasteiger partial charge on any atom is -0.346 e. The summed E-state index contributed by atoms with van der Waals surface area (Å²) in [6.45, 7) is 0.706. The number of alkyl halides is 1. The molecule has 3 saturated carbocycles. The van der Waals surface area contributed by atoms with Crippen molar-refractivity contribution < 1.29 is 8.42 Å². The largest absolute Gasteiger partial charge is 0.346 e. The van der Waals surface area contributed by atoms with Crippen molar-refractivity contribution in [1.82, 2.24) is 8.87 Å². The molecule has 0 saturated heterocycles. The van der Waals surface area contributed by atoms with Crippen molar-refractivity contribution in [2.24, 2.45) is 5.92 Å². The number of sulfonamides is 1. The molecule has 0 bridgehead atoms. The molecule has 0 aromatic carbocycles. The van der Waals surface area contributed by atoms with Crippen LogP contribution in [0.1, 0.15) is 50.3 Å². The summed E-state index contributed by atoms with van der Waals surface area (Å²) in [6, 6.07) is 2.47. The Morgan fingerprint density at radius 1 is 1.19 bits per heavy atom. The summed E-state index contributed by atoms with van der Waals surface area (Å²) >= 11 is 5.99. The van der Waals surface area contributed by atoms with Crippen LogP contribution in [0.5, 0.6) is 0 Å². The van der Waals surface area contributed by atoms with E-state index in [0.29, 0.717) is 29.3 Å². The van der Waals surface area contributed by atoms with Gasteiger partial charge in [-0.05, 0) is 50.5 Å². The summed E-state index contributed by atoms with van der Waals surface area (Å²) in [6.07, 6.45) is 8.45. The molecule has 3 fully saturated rings. The van der Waals surface area contributed by atoms with Crippen LogP contribution >= 0.6 is 11.6 Å². The quantitative estimate of drug-likeness (QED) is 0.722. The van der Waals surface area contributed by atoms with Gasteiger partial charge >= 0.3 is 0 Å². The van der Waals surface area contributed by atoms with E-state index in [1.165, 1.54) is 12.8 Å². The normalized spacial score (nSPS) is 23.0. The van der Waals surface area contributed by atoms with E-state index in [4.69, 9.17) is 11.6 Å². The lowest BCUT2D eigenvalue weighted by Gasteiger charge is -2.21. The van der Waals surface area contributed by atoms with Crippen molar-refractivity contribution in [3.8, 4) is 0 Å². The van der Waals surface area contributed by atoms with Crippen LogP contribution < -0.4 is 0 Å². The maximum atomic E-state index is 13.0. The number of rotatable bonds is 7. The molecule has 0 aliphatic heterocycles. The molecule has 4 nitrogen and oxygen atoms in total. The first-order valence-electron chi connectivity index (χ1n) is 7.88. The van der Waals surface area contributed by atoms with E-state index in [-0.39, 0.29) is 6.04 Å². The highest BCUT2D eigenvalue weighted by molar-refractivity contribution is 7.89. The Morgan fingerprint density at radius 3 is 2.43 bits per heavy atom. The van der Waals surface area contributed by atoms with Gasteiger partial charge in [0.15, 0.2) is 0 Å². The van der Waals surface area contributed by atoms with Crippen molar-refractivity contribution in [3.05, 3.63) is 18.0 Å². The average Bonchev–Trinajstić information content (AvgIpc) is 3.31. The van der Waals surface area contributed by atoms with E-state index < -0.39 is 10.0 Å². The van der Waals surface area contributed by atoms with Gasteiger partial charge < -0.3 is 4.57 Å². The van der Waals surface area contributed by atoms with E-state index >= 15 is 0 Å². The highest BCUT2D eigenvalue weighted by Gasteiger charge is 2.42. The molecule has 0 N–H and O–H groups in total. The second kappa shape index (κ2) is 5.00. The predicted octanol–water partition coefficient (Wildman–Crippen LogP) is 3.12. The van der Waals surface area contributed by atoms with Crippen molar-refractivity contribution in [2.45, 2.75) is 61.4 Å². The summed E-state index contributed by atoms with van der Waals surface area (Å²) in [5.41, 5.74) is 0.930. The van der Waals surface area contributed by atoms with Crippen molar-refractivity contribution in [2.75, 3.05) is 6.54 Å². The van der Waals surface area contributed by atoms with Gasteiger partial charge in [0.05, 0.1) is 5.88 Å². The van der Waals surface area contributed by atoms with Crippen LogP contribution in [0.3, 0.4) is 0 Å². The average molecular weight is 329 g/mol. The number of nitrogens with zero attached hydrogens (tertiary/aromatic N) is 2. The van der Waals surface area contributed by atoms with E-state index in [1.807, 2.05) is 6.20 Å². The Morgan fingerprint density at radius 2 is 1.90 bits per heavy atom. The van der Waals surface area contributed by atoms with Gasteiger partial charge in [0.25, 0.3) is 0 Å². The highest BCUT2D eigenvalue weighted by Crippen LogP contribution is 2.40. The molecule has 1 aromatic rings. The van der Waals surface area contributed by atoms with Crippen molar-refractivity contribution >= 4 is 21.6 Å². The molecule has 3 aliphatic carbocycles. The predicted molar refractivity (Wildman–Crippen MR) is 81.9 cm³/mol. The van der Waals surface area contributed by atoms with Crippen LogP contribution in [0.2, 0.25) is 0 Å². The third kappa shape index (κ3) is 2.76. The number of aromatic nitrogens is 1. The van der Waals surface area contributed by atoms with Gasteiger partial charge in [-0.3, -0.25) is 0 Å². The van der Waals surface area contributed by atoms with Crippen LogP contribution in [0.25, 0.3) is 0 Å². The Hall–Kier alpha value is -0.520. The Bertz CT molecular complexity index is 643. The molecule has 1 heterocycles. The zero-order chi connectivity index (χ0) is 14.6. The van der Waals surface area contributed by atoms with Crippen LogP contribution in [0, 0.1) is 5.92 Å². The van der Waals surface area contributed by atoms with Gasteiger partial charge in [0.2, 0.25) is 10.0 Å². The SMILES string of the molecule is O=S(=O)(c1cc(CCl)n(C2CC2)c1)N(CC1CC1)C1CC1. The first-order valence-corrected chi connectivity index (χ1v) is 9.85. The lowest BCUT2D eigenvalue weighted by Crippen LogP contribution is -2.34. The van der Waals surface area contributed by atoms with Crippen LogP contribution in [0.4, 0.5) is 0 Å². The maximum Gasteiger partial charge on any atom is 0.244 e. The molecule has 1 aromatic heterocycles. The fraction of sp³-hybridized carbons (Fsp3) is 0.733. The molecule has 0 amide bonds. The Balaban J connectivity index is 1.65. The highest BCUT2D eigenvalue weighted by atomic mass is 35.5. The van der Waals surface area contributed by atoms with E-state index in [0.717, 1.165) is 31.4 Å². The standard InChI is InChI=1S/C15H21ClN2O2S/c16-8-14-7-15(10-17(14)12-3-4-12)21(19,20)18(13-5-6-13)9-11-1-2-11/h7,10-13H,1-6,8-9H2. The van der Waals surface area contributed by atoms with E-state index in [2.05, 4.69) is 4.57 Å². The molecule has 3 aliphatic rings. The molecule has 21 heavy (non-hydrogen) atoms. The minimum absolute atomic E-state index is 0.235. The molecule has 0 unspecified atom stereocenters. The summed E-state index contributed by atoms with van der Waals surface area (Å²) in [5, 5.41) is 0. The lowest BCUT2D eigenvalue weighted by atomic mass is 10.4. The topological polar surface area (TPSA) is 42.3 Å². The first-order chi connectivity index (χ1) is 10.1. The third-order valence-corrected chi connectivity index (χ3v) is 6.84. The Labute approximate surface area is 131 Å². The smallest absolute Gasteiger partial charge is 0.244 e. The van der Waals surface area contributed by atoms with E-state index in [9.17, 15) is 8.42 Å². The van der Waals surface area contributed by atoms with Crippen LogP contribution in [-0.4, -0.2) is 29.9 Å². The molecule has 0 atom stereocenters. The van der Waals surface area contributed by atoms with Gasteiger partial charge in [0.1, 0.15) is 4.90 Å². The van der Waals surface area contributed by atoms with Gasteiger partial charge in [-0.1, -0.05) is 0 Å². The summed E-state index contributed by atoms with van der Waals surface area (Å²) in [4.78, 5) is 0.442. The van der Waals surface area contributed by atoms with Crippen LogP contribution in [-0.2, 0) is 15.9 Å². The maximum absolute atomic E-state index is 13.0. The second-order valence-electron chi connectivity index (χ2n) is 6.69. The zero-order valence-electron chi connectivity index (χ0n) is 12.0. The van der Waals surface area contributed by atoms with Crippen LogP contribution in [0.15, 0.2) is 17.2 Å². The van der Waals surface area contributed by atoms with Gasteiger partial charge in [-0.25, -0.2) is 8.42 Å². The molecule has 0 radical (unpaired) electrons. The fourth-order valence-electron chi connectivity index (χ4n) is 2.93. The monoisotopic (exact) mass is 328 g/mol. The number of halogens is 1. The Kier molecular flexibility index (Phi) is 3.36. The molecular weight excluding hydrogens is 308 g/mol.